The molecule has 1 heterocycles. The van der Waals surface area contributed by atoms with Crippen LogP contribution in [0.25, 0.3) is 0 Å². The summed E-state index contributed by atoms with van der Waals surface area (Å²) in [6.45, 7) is 4.16. The van der Waals surface area contributed by atoms with E-state index in [2.05, 4.69) is 15.6 Å². The molecule has 7 heteroatoms. The zero-order valence-electron chi connectivity index (χ0n) is 15.6. The van der Waals surface area contributed by atoms with Crippen molar-refractivity contribution in [3.63, 3.8) is 0 Å². The topological polar surface area (TPSA) is 88.2 Å². The molecule has 3 rings (SSSR count). The van der Waals surface area contributed by atoms with Gasteiger partial charge in [0.25, 0.3) is 0 Å². The molecule has 144 valence electrons. The van der Waals surface area contributed by atoms with E-state index in [0.717, 1.165) is 16.7 Å². The molecule has 28 heavy (non-hydrogen) atoms. The molecule has 0 aliphatic heterocycles. The van der Waals surface area contributed by atoms with E-state index >= 15 is 0 Å². The number of aromatic nitrogens is 1. The van der Waals surface area contributed by atoms with Gasteiger partial charge in [-0.05, 0) is 73.0 Å². The van der Waals surface area contributed by atoms with Crippen molar-refractivity contribution in [1.82, 2.24) is 10.3 Å². The number of sulfone groups is 1. The molecular formula is C21H21N3O3S. The Hall–Kier alpha value is -3.19. The highest BCUT2D eigenvalue weighted by molar-refractivity contribution is 7.91. The Morgan fingerprint density at radius 3 is 2.32 bits per heavy atom. The Kier molecular flexibility index (Phi) is 5.75. The SMILES string of the molecule is Cc1ccc(S(=O)(=O)c2ccc(NC(=O)NCc3cccnc3)cc2)cc1C. The third-order valence-electron chi connectivity index (χ3n) is 4.39. The van der Waals surface area contributed by atoms with E-state index in [0.29, 0.717) is 12.2 Å². The van der Waals surface area contributed by atoms with Gasteiger partial charge in [-0.2, -0.15) is 0 Å². The summed E-state index contributed by atoms with van der Waals surface area (Å²) in [5.41, 5.74) is 3.34. The van der Waals surface area contributed by atoms with Crippen LogP contribution in [0.3, 0.4) is 0 Å². The summed E-state index contributed by atoms with van der Waals surface area (Å²) >= 11 is 0. The molecule has 2 amide bonds. The average molecular weight is 395 g/mol. The highest BCUT2D eigenvalue weighted by Gasteiger charge is 2.18. The summed E-state index contributed by atoms with van der Waals surface area (Å²) in [5, 5.41) is 5.40. The summed E-state index contributed by atoms with van der Waals surface area (Å²) in [4.78, 5) is 16.4. The standard InChI is InChI=1S/C21H21N3O3S/c1-15-5-8-20(12-16(15)2)28(26,27)19-9-6-18(7-10-19)24-21(25)23-14-17-4-3-11-22-13-17/h3-13H,14H2,1-2H3,(H2,23,24,25). The smallest absolute Gasteiger partial charge is 0.319 e. The van der Waals surface area contributed by atoms with Gasteiger partial charge in [0.2, 0.25) is 9.84 Å². The van der Waals surface area contributed by atoms with Gasteiger partial charge >= 0.3 is 6.03 Å². The van der Waals surface area contributed by atoms with Gasteiger partial charge in [-0.15, -0.1) is 0 Å². The zero-order valence-corrected chi connectivity index (χ0v) is 16.5. The van der Waals surface area contributed by atoms with Crippen LogP contribution < -0.4 is 10.6 Å². The van der Waals surface area contributed by atoms with E-state index in [1.165, 1.54) is 12.1 Å². The molecular weight excluding hydrogens is 374 g/mol. The van der Waals surface area contributed by atoms with Crippen LogP contribution in [0.1, 0.15) is 16.7 Å². The number of anilines is 1. The first-order chi connectivity index (χ1) is 13.4. The second-order valence-electron chi connectivity index (χ2n) is 6.44. The van der Waals surface area contributed by atoms with Crippen molar-refractivity contribution >= 4 is 21.6 Å². The van der Waals surface area contributed by atoms with E-state index in [1.807, 2.05) is 19.9 Å². The molecule has 6 nitrogen and oxygen atoms in total. The van der Waals surface area contributed by atoms with Gasteiger partial charge in [0.1, 0.15) is 0 Å². The molecule has 0 saturated carbocycles. The number of pyridine rings is 1. The lowest BCUT2D eigenvalue weighted by Crippen LogP contribution is -2.28. The molecule has 0 saturated heterocycles. The molecule has 2 N–H and O–H groups in total. The van der Waals surface area contributed by atoms with Crippen LogP contribution in [0.2, 0.25) is 0 Å². The fraction of sp³-hybridized carbons (Fsp3) is 0.143. The molecule has 0 spiro atoms. The number of carbonyl (C=O) groups is 1. The van der Waals surface area contributed by atoms with Crippen LogP contribution in [0.15, 0.2) is 76.8 Å². The minimum Gasteiger partial charge on any atom is -0.334 e. The Morgan fingerprint density at radius 2 is 1.68 bits per heavy atom. The van der Waals surface area contributed by atoms with Crippen molar-refractivity contribution in [1.29, 1.82) is 0 Å². The predicted octanol–water partition coefficient (Wildman–Crippen LogP) is 3.85. The molecule has 0 radical (unpaired) electrons. The lowest BCUT2D eigenvalue weighted by molar-refractivity contribution is 0.251. The fourth-order valence-electron chi connectivity index (χ4n) is 2.59. The van der Waals surface area contributed by atoms with E-state index in [4.69, 9.17) is 0 Å². The fourth-order valence-corrected chi connectivity index (χ4v) is 3.94. The summed E-state index contributed by atoms with van der Waals surface area (Å²) in [7, 11) is -3.60. The lowest BCUT2D eigenvalue weighted by atomic mass is 10.1. The molecule has 0 unspecified atom stereocenters. The van der Waals surface area contributed by atoms with Crippen LogP contribution in [0, 0.1) is 13.8 Å². The first kappa shape index (κ1) is 19.6. The molecule has 3 aromatic rings. The van der Waals surface area contributed by atoms with Crippen molar-refractivity contribution in [2.75, 3.05) is 5.32 Å². The van der Waals surface area contributed by atoms with Crippen LogP contribution >= 0.6 is 0 Å². The normalized spacial score (nSPS) is 11.1. The number of urea groups is 1. The van der Waals surface area contributed by atoms with E-state index < -0.39 is 9.84 Å². The maximum atomic E-state index is 12.8. The third kappa shape index (κ3) is 4.55. The molecule has 0 atom stereocenters. The van der Waals surface area contributed by atoms with Crippen LogP contribution in [0.4, 0.5) is 10.5 Å². The molecule has 0 aliphatic carbocycles. The maximum Gasteiger partial charge on any atom is 0.319 e. The van der Waals surface area contributed by atoms with Crippen molar-refractivity contribution in [3.05, 3.63) is 83.7 Å². The summed E-state index contributed by atoms with van der Waals surface area (Å²) in [6.07, 6.45) is 3.34. The molecule has 1 aromatic heterocycles. The predicted molar refractivity (Wildman–Crippen MR) is 108 cm³/mol. The van der Waals surface area contributed by atoms with E-state index in [1.54, 1.807) is 48.8 Å². The number of hydrogen-bond acceptors (Lipinski definition) is 4. The van der Waals surface area contributed by atoms with E-state index in [9.17, 15) is 13.2 Å². The van der Waals surface area contributed by atoms with Gasteiger partial charge in [0.15, 0.2) is 0 Å². The van der Waals surface area contributed by atoms with Gasteiger partial charge < -0.3 is 10.6 Å². The zero-order chi connectivity index (χ0) is 20.1. The van der Waals surface area contributed by atoms with Crippen molar-refractivity contribution < 1.29 is 13.2 Å². The molecule has 0 bridgehead atoms. The van der Waals surface area contributed by atoms with Crippen LogP contribution in [-0.2, 0) is 16.4 Å². The monoisotopic (exact) mass is 395 g/mol. The molecule has 0 fully saturated rings. The first-order valence-electron chi connectivity index (χ1n) is 8.72. The van der Waals surface area contributed by atoms with Crippen LogP contribution in [-0.4, -0.2) is 19.4 Å². The Bertz CT molecular complexity index is 1080. The average Bonchev–Trinajstić information content (AvgIpc) is 2.69. The minimum atomic E-state index is -3.60. The molecule has 2 aromatic carbocycles. The Morgan fingerprint density at radius 1 is 0.964 bits per heavy atom. The largest absolute Gasteiger partial charge is 0.334 e. The van der Waals surface area contributed by atoms with Crippen molar-refractivity contribution in [3.8, 4) is 0 Å². The minimum absolute atomic E-state index is 0.178. The quantitative estimate of drug-likeness (QED) is 0.687. The van der Waals surface area contributed by atoms with Gasteiger partial charge in [-0.1, -0.05) is 12.1 Å². The van der Waals surface area contributed by atoms with Crippen molar-refractivity contribution in [2.24, 2.45) is 0 Å². The first-order valence-corrected chi connectivity index (χ1v) is 10.2. The van der Waals surface area contributed by atoms with Gasteiger partial charge in [-0.3, -0.25) is 4.98 Å². The number of aryl methyl sites for hydroxylation is 2. The number of hydrogen-bond donors (Lipinski definition) is 2. The Balaban J connectivity index is 1.67. The van der Waals surface area contributed by atoms with Gasteiger partial charge in [-0.25, -0.2) is 13.2 Å². The maximum absolute atomic E-state index is 12.8. The highest BCUT2D eigenvalue weighted by Crippen LogP contribution is 2.24. The number of carbonyl (C=O) groups excluding carboxylic acids is 1. The summed E-state index contributed by atoms with van der Waals surface area (Å²) in [5.74, 6) is 0. The van der Waals surface area contributed by atoms with E-state index in [-0.39, 0.29) is 15.8 Å². The van der Waals surface area contributed by atoms with Gasteiger partial charge in [0, 0.05) is 24.6 Å². The number of amides is 2. The second-order valence-corrected chi connectivity index (χ2v) is 8.39. The highest BCUT2D eigenvalue weighted by atomic mass is 32.2. The van der Waals surface area contributed by atoms with Crippen molar-refractivity contribution in [2.45, 2.75) is 30.2 Å². The van der Waals surface area contributed by atoms with Crippen LogP contribution in [0.5, 0.6) is 0 Å². The lowest BCUT2D eigenvalue weighted by Gasteiger charge is -2.10. The van der Waals surface area contributed by atoms with Gasteiger partial charge in [0.05, 0.1) is 9.79 Å². The Labute approximate surface area is 164 Å². The number of nitrogens with one attached hydrogen (secondary N) is 2. The molecule has 0 aliphatic rings. The number of benzene rings is 2. The summed E-state index contributed by atoms with van der Waals surface area (Å²) in [6, 6.07) is 14.5. The number of rotatable bonds is 5. The number of nitrogens with zero attached hydrogens (tertiary/aromatic N) is 1. The second kappa shape index (κ2) is 8.22. The summed E-state index contributed by atoms with van der Waals surface area (Å²) < 4.78 is 25.6. The third-order valence-corrected chi connectivity index (χ3v) is 6.15.